The number of hydrogen-bond donors (Lipinski definition) is 3. The molecular weight excluding hydrogens is 545 g/mol. The maximum absolute atomic E-state index is 14.8. The summed E-state index contributed by atoms with van der Waals surface area (Å²) in [6.07, 6.45) is -2.10. The predicted octanol–water partition coefficient (Wildman–Crippen LogP) is 2.05. The number of carbonyl (C=O) groups is 1. The third-order valence-electron chi connectivity index (χ3n) is 7.19. The molecule has 2 aliphatic heterocycles. The highest BCUT2D eigenvalue weighted by molar-refractivity contribution is 5.80. The summed E-state index contributed by atoms with van der Waals surface area (Å²) >= 11 is 0. The molecule has 4 atom stereocenters. The summed E-state index contributed by atoms with van der Waals surface area (Å²) in [7, 11) is 0. The molecule has 1 aromatic heterocycles. The lowest BCUT2D eigenvalue weighted by Gasteiger charge is -2.35. The normalized spacial score (nSPS) is 21.4. The SMILES string of the molecule is CC(O)C(=O)N1CC[C@H](Oc2ccc(-c3ncnc(Nc4ccc(N5CCO[C@@H](CO)C5)cc4)n3)cc2C#N)[C@H](F)C1. The number of alkyl halides is 1. The van der Waals surface area contributed by atoms with Crippen LogP contribution in [-0.2, 0) is 9.53 Å². The van der Waals surface area contributed by atoms with E-state index in [2.05, 4.69) is 31.2 Å². The second-order valence-corrected chi connectivity index (χ2v) is 10.2. The number of piperidine rings is 1. The average Bonchev–Trinajstić information content (AvgIpc) is 3.02. The van der Waals surface area contributed by atoms with Gasteiger partial charge < -0.3 is 34.8 Å². The smallest absolute Gasteiger partial charge is 0.251 e. The van der Waals surface area contributed by atoms with Crippen molar-refractivity contribution < 1.29 is 28.9 Å². The van der Waals surface area contributed by atoms with Crippen LogP contribution in [0.4, 0.5) is 21.7 Å². The maximum Gasteiger partial charge on any atom is 0.251 e. The Morgan fingerprint density at radius 2 is 2.05 bits per heavy atom. The van der Waals surface area contributed by atoms with Crippen molar-refractivity contribution in [3.63, 3.8) is 0 Å². The Labute approximate surface area is 242 Å². The summed E-state index contributed by atoms with van der Waals surface area (Å²) < 4.78 is 26.2. The molecule has 42 heavy (non-hydrogen) atoms. The third kappa shape index (κ3) is 6.73. The number of rotatable bonds is 8. The monoisotopic (exact) mass is 577 g/mol. The zero-order valence-electron chi connectivity index (χ0n) is 23.1. The van der Waals surface area contributed by atoms with E-state index >= 15 is 0 Å². The predicted molar refractivity (Wildman–Crippen MR) is 151 cm³/mol. The Morgan fingerprint density at radius 3 is 2.76 bits per heavy atom. The highest BCUT2D eigenvalue weighted by Crippen LogP contribution is 2.29. The lowest BCUT2D eigenvalue weighted by Crippen LogP contribution is -2.51. The zero-order valence-corrected chi connectivity index (χ0v) is 23.1. The molecule has 2 aromatic carbocycles. The number of aromatic nitrogens is 3. The molecule has 1 amide bonds. The van der Waals surface area contributed by atoms with Crippen molar-refractivity contribution in [2.45, 2.75) is 37.8 Å². The van der Waals surface area contributed by atoms with Crippen LogP contribution < -0.4 is 15.0 Å². The van der Waals surface area contributed by atoms with Crippen LogP contribution in [0.3, 0.4) is 0 Å². The van der Waals surface area contributed by atoms with Crippen LogP contribution in [0.2, 0.25) is 0 Å². The minimum atomic E-state index is -1.47. The van der Waals surface area contributed by atoms with Gasteiger partial charge in [0, 0.05) is 43.0 Å². The van der Waals surface area contributed by atoms with Crippen LogP contribution in [0.25, 0.3) is 11.4 Å². The number of halogens is 1. The van der Waals surface area contributed by atoms with Crippen molar-refractivity contribution in [2.24, 2.45) is 0 Å². The van der Waals surface area contributed by atoms with Gasteiger partial charge in [0.2, 0.25) is 5.95 Å². The second-order valence-electron chi connectivity index (χ2n) is 10.2. The Balaban J connectivity index is 1.24. The summed E-state index contributed by atoms with van der Waals surface area (Å²) in [6, 6.07) is 14.7. The van der Waals surface area contributed by atoms with E-state index in [4.69, 9.17) is 9.47 Å². The highest BCUT2D eigenvalue weighted by atomic mass is 19.1. The number of aliphatic hydroxyl groups is 2. The van der Waals surface area contributed by atoms with Crippen LogP contribution in [0.15, 0.2) is 48.8 Å². The lowest BCUT2D eigenvalue weighted by atomic mass is 10.0. The first kappa shape index (κ1) is 29.1. The molecule has 0 spiro atoms. The van der Waals surface area contributed by atoms with Gasteiger partial charge in [-0.05, 0) is 49.4 Å². The molecule has 0 saturated carbocycles. The molecule has 13 heteroatoms. The van der Waals surface area contributed by atoms with E-state index in [9.17, 15) is 24.7 Å². The van der Waals surface area contributed by atoms with Crippen molar-refractivity contribution in [1.82, 2.24) is 19.9 Å². The molecule has 3 heterocycles. The first-order chi connectivity index (χ1) is 20.3. The summed E-state index contributed by atoms with van der Waals surface area (Å²) in [5.74, 6) is 0.356. The molecule has 220 valence electrons. The Hall–Kier alpha value is -4.38. The number of nitrogens with zero attached hydrogens (tertiary/aromatic N) is 6. The first-order valence-electron chi connectivity index (χ1n) is 13.7. The number of nitrogens with one attached hydrogen (secondary N) is 1. The largest absolute Gasteiger partial charge is 0.486 e. The van der Waals surface area contributed by atoms with Gasteiger partial charge in [0.25, 0.3) is 5.91 Å². The van der Waals surface area contributed by atoms with Crippen molar-refractivity contribution in [3.8, 4) is 23.2 Å². The fraction of sp³-hybridized carbons (Fsp3) is 0.414. The Bertz CT molecular complexity index is 1430. The van der Waals surface area contributed by atoms with Gasteiger partial charge in [0.15, 0.2) is 12.0 Å². The van der Waals surface area contributed by atoms with Crippen LogP contribution in [-0.4, -0.2) is 99.8 Å². The van der Waals surface area contributed by atoms with Crippen molar-refractivity contribution in [3.05, 3.63) is 54.4 Å². The number of aliphatic hydroxyl groups excluding tert-OH is 2. The van der Waals surface area contributed by atoms with Crippen molar-refractivity contribution >= 4 is 23.2 Å². The molecule has 0 aliphatic carbocycles. The lowest BCUT2D eigenvalue weighted by molar-refractivity contribution is -0.143. The molecule has 0 radical (unpaired) electrons. The minimum absolute atomic E-state index is 0.0182. The number of anilines is 3. The quantitative estimate of drug-likeness (QED) is 0.360. The van der Waals surface area contributed by atoms with Gasteiger partial charge >= 0.3 is 0 Å². The molecule has 1 unspecified atom stereocenters. The van der Waals surface area contributed by atoms with Crippen molar-refractivity contribution in [1.29, 1.82) is 5.26 Å². The van der Waals surface area contributed by atoms with Crippen LogP contribution in [0.5, 0.6) is 5.75 Å². The molecular formula is C29H32FN7O5. The molecule has 0 bridgehead atoms. The number of ether oxygens (including phenoxy) is 2. The number of amides is 1. The van der Waals surface area contributed by atoms with E-state index in [1.54, 1.807) is 18.2 Å². The summed E-state index contributed by atoms with van der Waals surface area (Å²) in [6.45, 7) is 3.31. The van der Waals surface area contributed by atoms with Crippen LogP contribution in [0, 0.1) is 11.3 Å². The van der Waals surface area contributed by atoms with Gasteiger partial charge in [0.05, 0.1) is 31.4 Å². The van der Waals surface area contributed by atoms with Crippen LogP contribution in [0.1, 0.15) is 18.9 Å². The number of likely N-dealkylation sites (tertiary alicyclic amines) is 1. The number of carbonyl (C=O) groups excluding carboxylic acids is 1. The van der Waals surface area contributed by atoms with Gasteiger partial charge in [-0.15, -0.1) is 0 Å². The van der Waals surface area contributed by atoms with E-state index in [-0.39, 0.29) is 43.5 Å². The topological polar surface area (TPSA) is 157 Å². The molecule has 3 aromatic rings. The fourth-order valence-electron chi connectivity index (χ4n) is 4.95. The zero-order chi connectivity index (χ0) is 29.6. The average molecular weight is 578 g/mol. The molecule has 5 rings (SSSR count). The second kappa shape index (κ2) is 13.1. The Kier molecular flexibility index (Phi) is 9.06. The number of morpholine rings is 1. The van der Waals surface area contributed by atoms with Gasteiger partial charge in [0.1, 0.15) is 30.4 Å². The molecule has 2 fully saturated rings. The minimum Gasteiger partial charge on any atom is -0.486 e. The van der Waals surface area contributed by atoms with E-state index in [0.717, 1.165) is 17.9 Å². The van der Waals surface area contributed by atoms with Gasteiger partial charge in [-0.25, -0.2) is 14.4 Å². The number of benzene rings is 2. The third-order valence-corrected chi connectivity index (χ3v) is 7.19. The molecule has 2 saturated heterocycles. The number of nitriles is 1. The number of hydrogen-bond acceptors (Lipinski definition) is 11. The summed E-state index contributed by atoms with van der Waals surface area (Å²) in [4.78, 5) is 28.4. The molecule has 12 nitrogen and oxygen atoms in total. The van der Waals surface area contributed by atoms with Crippen LogP contribution >= 0.6 is 0 Å². The van der Waals surface area contributed by atoms with E-state index in [1.807, 2.05) is 24.3 Å². The summed E-state index contributed by atoms with van der Waals surface area (Å²) in [5.41, 5.74) is 2.54. The maximum atomic E-state index is 14.8. The molecule has 3 N–H and O–H groups in total. The highest BCUT2D eigenvalue weighted by Gasteiger charge is 2.34. The van der Waals surface area contributed by atoms with E-state index in [0.29, 0.717) is 30.5 Å². The standard InChI is InChI=1S/C29H32FN7O5/c1-18(39)28(40)37-9-8-26(24(30)15-37)42-25-7-2-19(12-20(25)13-31)27-32-17-33-29(35-27)34-21-3-5-22(6-4-21)36-10-11-41-23(14-36)16-38/h2-7,12,17-18,23-24,26,38-39H,8-11,14-16H2,1H3,(H,32,33,34,35)/t18?,23-,24-,26+/m1/s1. The fourth-order valence-corrected chi connectivity index (χ4v) is 4.95. The molecule has 2 aliphatic rings. The van der Waals surface area contributed by atoms with E-state index in [1.165, 1.54) is 18.2 Å². The van der Waals surface area contributed by atoms with Gasteiger partial charge in [-0.3, -0.25) is 4.79 Å². The first-order valence-corrected chi connectivity index (χ1v) is 13.7. The van der Waals surface area contributed by atoms with Gasteiger partial charge in [-0.1, -0.05) is 0 Å². The van der Waals surface area contributed by atoms with Gasteiger partial charge in [-0.2, -0.15) is 10.2 Å². The van der Waals surface area contributed by atoms with E-state index < -0.39 is 24.3 Å². The van der Waals surface area contributed by atoms with Crippen molar-refractivity contribution in [2.75, 3.05) is 49.6 Å². The summed E-state index contributed by atoms with van der Waals surface area (Å²) in [5, 5.41) is 31.8. The Morgan fingerprint density at radius 1 is 1.24 bits per heavy atom.